The SMILES string of the molecule is Cc1oc(-c2ccco2)nc1CC(=O)OCc1cn(-c2ccc(C(F)(F)F)cn2)nn1. The molecule has 4 aromatic rings. The van der Waals surface area contributed by atoms with Crippen molar-refractivity contribution in [1.29, 1.82) is 0 Å². The number of hydrogen-bond donors (Lipinski definition) is 0. The molecule has 0 unspecified atom stereocenters. The molecule has 4 rings (SSSR count). The van der Waals surface area contributed by atoms with Gasteiger partial charge in [0.1, 0.15) is 18.1 Å². The van der Waals surface area contributed by atoms with Crippen LogP contribution in [0.3, 0.4) is 0 Å². The Balaban J connectivity index is 1.35. The van der Waals surface area contributed by atoms with Gasteiger partial charge >= 0.3 is 12.1 Å². The molecule has 12 heteroatoms. The second kappa shape index (κ2) is 8.05. The van der Waals surface area contributed by atoms with E-state index in [4.69, 9.17) is 13.6 Å². The standard InChI is InChI=1S/C19H14F3N5O4/c1-11-14(24-18(31-11)15-3-2-6-29-15)7-17(28)30-10-13-9-27(26-25-13)16-5-4-12(8-23-16)19(20,21)22/h2-6,8-9H,7,10H2,1H3. The van der Waals surface area contributed by atoms with E-state index in [1.54, 1.807) is 19.1 Å². The van der Waals surface area contributed by atoms with Crippen LogP contribution in [0.15, 0.2) is 51.8 Å². The Hall–Kier alpha value is -3.96. The summed E-state index contributed by atoms with van der Waals surface area (Å²) in [5.74, 6) is 0.738. The fraction of sp³-hybridized carbons (Fsp3) is 0.211. The first-order valence-electron chi connectivity index (χ1n) is 8.90. The Kier molecular flexibility index (Phi) is 5.28. The Labute approximate surface area is 172 Å². The molecule has 0 aliphatic rings. The number of hydrogen-bond acceptors (Lipinski definition) is 8. The minimum Gasteiger partial charge on any atom is -0.459 e. The summed E-state index contributed by atoms with van der Waals surface area (Å²) in [5, 5.41) is 7.61. The van der Waals surface area contributed by atoms with Crippen LogP contribution in [-0.2, 0) is 28.7 Å². The van der Waals surface area contributed by atoms with Gasteiger partial charge < -0.3 is 13.6 Å². The number of aryl methyl sites for hydroxylation is 1. The first-order valence-corrected chi connectivity index (χ1v) is 8.90. The van der Waals surface area contributed by atoms with Gasteiger partial charge in [-0.15, -0.1) is 5.10 Å². The van der Waals surface area contributed by atoms with E-state index in [2.05, 4.69) is 20.3 Å². The van der Waals surface area contributed by atoms with Crippen LogP contribution in [0.5, 0.6) is 0 Å². The first kappa shape index (κ1) is 20.3. The quantitative estimate of drug-likeness (QED) is 0.425. The predicted octanol–water partition coefficient (Wildman–Crippen LogP) is 3.52. The summed E-state index contributed by atoms with van der Waals surface area (Å²) in [6.45, 7) is 1.49. The molecule has 0 spiro atoms. The maximum absolute atomic E-state index is 12.6. The maximum atomic E-state index is 12.6. The van der Waals surface area contributed by atoms with Gasteiger partial charge in [0.2, 0.25) is 0 Å². The largest absolute Gasteiger partial charge is 0.459 e. The van der Waals surface area contributed by atoms with Crippen molar-refractivity contribution >= 4 is 5.97 Å². The van der Waals surface area contributed by atoms with Crippen LogP contribution in [0.4, 0.5) is 13.2 Å². The van der Waals surface area contributed by atoms with Gasteiger partial charge in [0, 0.05) is 6.20 Å². The van der Waals surface area contributed by atoms with Crippen molar-refractivity contribution in [2.24, 2.45) is 0 Å². The number of oxazole rings is 1. The summed E-state index contributed by atoms with van der Waals surface area (Å²) in [6.07, 6.45) is -1.01. The van der Waals surface area contributed by atoms with E-state index in [9.17, 15) is 18.0 Å². The third kappa shape index (κ3) is 4.63. The lowest BCUT2D eigenvalue weighted by molar-refractivity contribution is -0.144. The van der Waals surface area contributed by atoms with Gasteiger partial charge in [-0.25, -0.2) is 14.6 Å². The summed E-state index contributed by atoms with van der Waals surface area (Å²) in [6, 6.07) is 5.43. The third-order valence-electron chi connectivity index (χ3n) is 4.17. The van der Waals surface area contributed by atoms with Crippen molar-refractivity contribution in [1.82, 2.24) is 25.0 Å². The van der Waals surface area contributed by atoms with Gasteiger partial charge in [-0.1, -0.05) is 5.21 Å². The lowest BCUT2D eigenvalue weighted by atomic mass is 10.3. The molecule has 4 aromatic heterocycles. The zero-order valence-corrected chi connectivity index (χ0v) is 16.0. The number of carbonyl (C=O) groups excluding carboxylic acids is 1. The second-order valence-electron chi connectivity index (χ2n) is 6.39. The molecule has 160 valence electrons. The molecule has 0 saturated heterocycles. The van der Waals surface area contributed by atoms with Gasteiger partial charge in [0.25, 0.3) is 5.89 Å². The number of ether oxygens (including phenoxy) is 1. The van der Waals surface area contributed by atoms with E-state index in [-0.39, 0.29) is 24.7 Å². The number of rotatable bonds is 6. The van der Waals surface area contributed by atoms with Crippen molar-refractivity contribution < 1.29 is 31.5 Å². The molecular weight excluding hydrogens is 419 g/mol. The highest BCUT2D eigenvalue weighted by molar-refractivity contribution is 5.72. The number of furan rings is 1. The van der Waals surface area contributed by atoms with Gasteiger partial charge in [-0.05, 0) is 31.2 Å². The van der Waals surface area contributed by atoms with Crippen LogP contribution in [0.1, 0.15) is 22.7 Å². The minimum absolute atomic E-state index is 0.120. The fourth-order valence-electron chi connectivity index (χ4n) is 2.61. The van der Waals surface area contributed by atoms with E-state index in [0.29, 0.717) is 29.1 Å². The molecule has 0 atom stereocenters. The molecule has 0 bridgehead atoms. The number of esters is 1. The number of aromatic nitrogens is 5. The van der Waals surface area contributed by atoms with E-state index in [1.807, 2.05) is 0 Å². The van der Waals surface area contributed by atoms with Crippen LogP contribution in [0, 0.1) is 6.92 Å². The predicted molar refractivity (Wildman–Crippen MR) is 96.6 cm³/mol. The summed E-state index contributed by atoms with van der Waals surface area (Å²) in [4.78, 5) is 20.1. The third-order valence-corrected chi connectivity index (χ3v) is 4.17. The lowest BCUT2D eigenvalue weighted by Crippen LogP contribution is -2.09. The molecule has 0 aliphatic carbocycles. The molecule has 0 fully saturated rings. The zero-order valence-electron chi connectivity index (χ0n) is 16.0. The average Bonchev–Trinajstić information content (AvgIpc) is 3.48. The number of pyridine rings is 1. The Morgan fingerprint density at radius 3 is 2.77 bits per heavy atom. The molecule has 0 aromatic carbocycles. The molecule has 0 amide bonds. The highest BCUT2D eigenvalue weighted by Gasteiger charge is 2.30. The zero-order chi connectivity index (χ0) is 22.0. The molecule has 0 radical (unpaired) electrons. The van der Waals surface area contributed by atoms with Gasteiger partial charge in [-0.3, -0.25) is 4.79 Å². The van der Waals surface area contributed by atoms with E-state index in [0.717, 1.165) is 12.1 Å². The smallest absolute Gasteiger partial charge is 0.417 e. The molecule has 0 N–H and O–H groups in total. The van der Waals surface area contributed by atoms with Crippen LogP contribution in [-0.4, -0.2) is 30.9 Å². The summed E-state index contributed by atoms with van der Waals surface area (Å²) < 4.78 is 54.9. The number of carbonyl (C=O) groups is 1. The highest BCUT2D eigenvalue weighted by Crippen LogP contribution is 2.28. The summed E-state index contributed by atoms with van der Waals surface area (Å²) in [7, 11) is 0. The van der Waals surface area contributed by atoms with Crippen LogP contribution < -0.4 is 0 Å². The minimum atomic E-state index is -4.48. The Bertz CT molecular complexity index is 1180. The lowest BCUT2D eigenvalue weighted by Gasteiger charge is -2.06. The van der Waals surface area contributed by atoms with Gasteiger partial charge in [0.15, 0.2) is 11.6 Å². The molecular formula is C19H14F3N5O4. The van der Waals surface area contributed by atoms with Crippen LogP contribution >= 0.6 is 0 Å². The highest BCUT2D eigenvalue weighted by atomic mass is 19.4. The fourth-order valence-corrected chi connectivity index (χ4v) is 2.61. The van der Waals surface area contributed by atoms with E-state index >= 15 is 0 Å². The van der Waals surface area contributed by atoms with Gasteiger partial charge in [0.05, 0.1) is 30.1 Å². The Morgan fingerprint density at radius 2 is 2.10 bits per heavy atom. The summed E-state index contributed by atoms with van der Waals surface area (Å²) in [5.41, 5.74) is -0.166. The second-order valence-corrected chi connectivity index (χ2v) is 6.39. The van der Waals surface area contributed by atoms with Crippen molar-refractivity contribution in [2.45, 2.75) is 26.1 Å². The van der Waals surface area contributed by atoms with Crippen LogP contribution in [0.2, 0.25) is 0 Å². The Morgan fingerprint density at radius 1 is 1.26 bits per heavy atom. The molecule has 0 saturated carbocycles. The average molecular weight is 433 g/mol. The molecule has 4 heterocycles. The van der Waals surface area contributed by atoms with E-state index < -0.39 is 17.7 Å². The number of halogens is 3. The first-order chi connectivity index (χ1) is 14.8. The monoisotopic (exact) mass is 433 g/mol. The number of alkyl halides is 3. The van der Waals surface area contributed by atoms with Gasteiger partial charge in [-0.2, -0.15) is 13.2 Å². The molecule has 0 aliphatic heterocycles. The normalized spacial score (nSPS) is 11.6. The summed E-state index contributed by atoms with van der Waals surface area (Å²) >= 11 is 0. The van der Waals surface area contributed by atoms with E-state index in [1.165, 1.54) is 17.1 Å². The maximum Gasteiger partial charge on any atom is 0.417 e. The topological polar surface area (TPSA) is 109 Å². The van der Waals surface area contributed by atoms with Crippen molar-refractivity contribution in [3.8, 4) is 17.5 Å². The molecule has 31 heavy (non-hydrogen) atoms. The van der Waals surface area contributed by atoms with Crippen molar-refractivity contribution in [3.63, 3.8) is 0 Å². The molecule has 9 nitrogen and oxygen atoms in total. The van der Waals surface area contributed by atoms with Crippen molar-refractivity contribution in [3.05, 3.63) is 65.6 Å². The number of nitrogens with zero attached hydrogens (tertiary/aromatic N) is 5. The van der Waals surface area contributed by atoms with Crippen LogP contribution in [0.25, 0.3) is 17.5 Å². The van der Waals surface area contributed by atoms with Crippen molar-refractivity contribution in [2.75, 3.05) is 0 Å².